The van der Waals surface area contributed by atoms with Crippen molar-refractivity contribution < 1.29 is 17.6 Å². The molecule has 0 radical (unpaired) electrons. The predicted octanol–water partition coefficient (Wildman–Crippen LogP) is 4.21. The van der Waals surface area contributed by atoms with E-state index in [-0.39, 0.29) is 11.3 Å². The number of rotatable bonds is 1. The number of benzene rings is 1. The Balaban J connectivity index is 2.55. The molecule has 0 unspecified atom stereocenters. The minimum Gasteiger partial charge on any atom is -0.256 e. The van der Waals surface area contributed by atoms with Gasteiger partial charge in [0.25, 0.3) is 0 Å². The molecular formula is C13H9F4N. The molecule has 0 bridgehead atoms. The normalized spacial score (nSPS) is 11.6. The van der Waals surface area contributed by atoms with Gasteiger partial charge >= 0.3 is 6.18 Å². The quantitative estimate of drug-likeness (QED) is 0.695. The van der Waals surface area contributed by atoms with Crippen LogP contribution in [0.1, 0.15) is 11.1 Å². The van der Waals surface area contributed by atoms with Crippen molar-refractivity contribution in [1.29, 1.82) is 0 Å². The van der Waals surface area contributed by atoms with Gasteiger partial charge in [0.05, 0.1) is 11.3 Å². The van der Waals surface area contributed by atoms with Gasteiger partial charge in [-0.3, -0.25) is 4.98 Å². The van der Waals surface area contributed by atoms with Crippen molar-refractivity contribution in [3.63, 3.8) is 0 Å². The van der Waals surface area contributed by atoms with Crippen molar-refractivity contribution in [3.05, 3.63) is 53.5 Å². The fraction of sp³-hybridized carbons (Fsp3) is 0.154. The lowest BCUT2D eigenvalue weighted by molar-refractivity contribution is -0.137. The lowest BCUT2D eigenvalue weighted by Crippen LogP contribution is -2.05. The summed E-state index contributed by atoms with van der Waals surface area (Å²) >= 11 is 0. The van der Waals surface area contributed by atoms with E-state index in [9.17, 15) is 17.6 Å². The van der Waals surface area contributed by atoms with Crippen molar-refractivity contribution in [3.8, 4) is 11.3 Å². The maximum atomic E-state index is 13.0. The molecule has 2 aromatic rings. The smallest absolute Gasteiger partial charge is 0.256 e. The first-order valence-electron chi connectivity index (χ1n) is 5.17. The number of halogens is 4. The van der Waals surface area contributed by atoms with E-state index in [1.54, 1.807) is 6.92 Å². The second-order valence-corrected chi connectivity index (χ2v) is 3.94. The number of aromatic nitrogens is 1. The van der Waals surface area contributed by atoms with Gasteiger partial charge in [0, 0.05) is 17.8 Å². The second kappa shape index (κ2) is 4.40. The van der Waals surface area contributed by atoms with Crippen molar-refractivity contribution in [2.75, 3.05) is 0 Å². The first-order chi connectivity index (χ1) is 8.36. The highest BCUT2D eigenvalue weighted by molar-refractivity contribution is 5.61. The Morgan fingerprint density at radius 1 is 1.06 bits per heavy atom. The topological polar surface area (TPSA) is 12.9 Å². The molecule has 0 amide bonds. The van der Waals surface area contributed by atoms with Crippen LogP contribution < -0.4 is 0 Å². The zero-order valence-corrected chi connectivity index (χ0v) is 9.42. The molecule has 0 aliphatic rings. The molecule has 2 rings (SSSR count). The number of hydrogen-bond donors (Lipinski definition) is 0. The molecule has 5 heteroatoms. The molecular weight excluding hydrogens is 246 g/mol. The molecule has 0 fully saturated rings. The summed E-state index contributed by atoms with van der Waals surface area (Å²) in [7, 11) is 0. The van der Waals surface area contributed by atoms with Gasteiger partial charge in [-0.1, -0.05) is 0 Å². The lowest BCUT2D eigenvalue weighted by Gasteiger charge is -2.10. The van der Waals surface area contributed by atoms with Crippen molar-refractivity contribution in [2.45, 2.75) is 13.1 Å². The maximum Gasteiger partial charge on any atom is 0.416 e. The van der Waals surface area contributed by atoms with E-state index >= 15 is 0 Å². The number of nitrogens with zero attached hydrogens (tertiary/aromatic N) is 1. The zero-order valence-electron chi connectivity index (χ0n) is 9.42. The van der Waals surface area contributed by atoms with Gasteiger partial charge in [-0.2, -0.15) is 13.2 Å². The van der Waals surface area contributed by atoms with Crippen LogP contribution in [0, 0.1) is 12.7 Å². The monoisotopic (exact) mass is 255 g/mol. The van der Waals surface area contributed by atoms with Crippen LogP contribution in [-0.2, 0) is 6.18 Å². The Labute approximate surface area is 101 Å². The Morgan fingerprint density at radius 2 is 1.78 bits per heavy atom. The molecule has 0 N–H and O–H groups in total. The van der Waals surface area contributed by atoms with E-state index in [1.165, 1.54) is 12.3 Å². The Hall–Kier alpha value is -1.91. The van der Waals surface area contributed by atoms with E-state index < -0.39 is 17.6 Å². The van der Waals surface area contributed by atoms with E-state index in [1.807, 2.05) is 0 Å². The van der Waals surface area contributed by atoms with Crippen molar-refractivity contribution in [1.82, 2.24) is 4.98 Å². The minimum atomic E-state index is -4.42. The van der Waals surface area contributed by atoms with Gasteiger partial charge < -0.3 is 0 Å². The molecule has 0 spiro atoms. The van der Waals surface area contributed by atoms with Crippen LogP contribution in [0.15, 0.2) is 36.5 Å². The molecule has 18 heavy (non-hydrogen) atoms. The van der Waals surface area contributed by atoms with E-state index in [0.717, 1.165) is 24.3 Å². The van der Waals surface area contributed by atoms with Crippen LogP contribution in [0.3, 0.4) is 0 Å². The van der Waals surface area contributed by atoms with Gasteiger partial charge in [0.1, 0.15) is 5.82 Å². The van der Waals surface area contributed by atoms with Crippen molar-refractivity contribution >= 4 is 0 Å². The van der Waals surface area contributed by atoms with Crippen LogP contribution in [0.5, 0.6) is 0 Å². The predicted molar refractivity (Wildman–Crippen MR) is 59.4 cm³/mol. The molecule has 1 aromatic carbocycles. The SMILES string of the molecule is Cc1cc(-c2cc(F)ccn2)cc(C(F)(F)F)c1. The van der Waals surface area contributed by atoms with Gasteiger partial charge in [0.15, 0.2) is 0 Å². The van der Waals surface area contributed by atoms with Crippen LogP contribution in [0.4, 0.5) is 17.6 Å². The molecule has 0 saturated heterocycles. The molecule has 0 saturated carbocycles. The van der Waals surface area contributed by atoms with E-state index in [2.05, 4.69) is 4.98 Å². The highest BCUT2D eigenvalue weighted by Gasteiger charge is 2.31. The molecule has 1 heterocycles. The maximum absolute atomic E-state index is 13.0. The van der Waals surface area contributed by atoms with Gasteiger partial charge in [-0.05, 0) is 36.8 Å². The number of hydrogen-bond acceptors (Lipinski definition) is 1. The Morgan fingerprint density at radius 3 is 2.39 bits per heavy atom. The molecule has 1 aromatic heterocycles. The third kappa shape index (κ3) is 2.67. The first-order valence-corrected chi connectivity index (χ1v) is 5.17. The van der Waals surface area contributed by atoms with Crippen LogP contribution >= 0.6 is 0 Å². The van der Waals surface area contributed by atoms with Gasteiger partial charge in [-0.15, -0.1) is 0 Å². The minimum absolute atomic E-state index is 0.184. The summed E-state index contributed by atoms with van der Waals surface area (Å²) < 4.78 is 51.0. The van der Waals surface area contributed by atoms with Gasteiger partial charge in [-0.25, -0.2) is 4.39 Å². The summed E-state index contributed by atoms with van der Waals surface area (Å²) in [4.78, 5) is 3.87. The standard InChI is InChI=1S/C13H9F4N/c1-8-4-9(6-10(5-8)13(15,16)17)12-7-11(14)2-3-18-12/h2-7H,1H3. The summed E-state index contributed by atoms with van der Waals surface area (Å²) in [6.07, 6.45) is -3.20. The molecule has 0 atom stereocenters. The first kappa shape index (κ1) is 12.5. The lowest BCUT2D eigenvalue weighted by atomic mass is 10.0. The largest absolute Gasteiger partial charge is 0.416 e. The molecule has 1 nitrogen and oxygen atoms in total. The number of alkyl halides is 3. The summed E-state index contributed by atoms with van der Waals surface area (Å²) in [5.74, 6) is -0.532. The summed E-state index contributed by atoms with van der Waals surface area (Å²) in [6, 6.07) is 5.80. The highest BCUT2D eigenvalue weighted by Crippen LogP contribution is 2.32. The summed E-state index contributed by atoms with van der Waals surface area (Å²) in [6.45, 7) is 1.55. The van der Waals surface area contributed by atoms with Gasteiger partial charge in [0.2, 0.25) is 0 Å². The van der Waals surface area contributed by atoms with Crippen LogP contribution in [-0.4, -0.2) is 4.98 Å². The third-order valence-electron chi connectivity index (χ3n) is 2.42. The average Bonchev–Trinajstić information content (AvgIpc) is 2.27. The fourth-order valence-electron chi connectivity index (χ4n) is 1.66. The third-order valence-corrected chi connectivity index (χ3v) is 2.42. The molecule has 94 valence electrons. The zero-order chi connectivity index (χ0) is 13.3. The Bertz CT molecular complexity index is 575. The molecule has 0 aliphatic carbocycles. The average molecular weight is 255 g/mol. The summed E-state index contributed by atoms with van der Waals surface area (Å²) in [5.41, 5.74) is 0.125. The number of aryl methyl sites for hydroxylation is 1. The highest BCUT2D eigenvalue weighted by atomic mass is 19.4. The second-order valence-electron chi connectivity index (χ2n) is 3.94. The fourth-order valence-corrected chi connectivity index (χ4v) is 1.66. The van der Waals surface area contributed by atoms with Crippen LogP contribution in [0.25, 0.3) is 11.3 Å². The molecule has 0 aliphatic heterocycles. The Kier molecular flexibility index (Phi) is 3.07. The van der Waals surface area contributed by atoms with E-state index in [0.29, 0.717) is 5.56 Å². The summed E-state index contributed by atoms with van der Waals surface area (Å²) in [5, 5.41) is 0. The van der Waals surface area contributed by atoms with E-state index in [4.69, 9.17) is 0 Å². The number of pyridine rings is 1. The van der Waals surface area contributed by atoms with Crippen LogP contribution in [0.2, 0.25) is 0 Å². The van der Waals surface area contributed by atoms with Crippen molar-refractivity contribution in [2.24, 2.45) is 0 Å².